The highest BCUT2D eigenvalue weighted by molar-refractivity contribution is 5.85. The quantitative estimate of drug-likeness (QED) is 0.771. The molecule has 0 saturated carbocycles. The molecule has 1 aromatic rings. The highest BCUT2D eigenvalue weighted by atomic mass is 35.5. The van der Waals surface area contributed by atoms with E-state index in [1.165, 1.54) is 0 Å². The molecule has 0 radical (unpaired) electrons. The van der Waals surface area contributed by atoms with Crippen LogP contribution in [-0.2, 0) is 0 Å². The Morgan fingerprint density at radius 3 is 2.93 bits per heavy atom. The molecule has 1 aromatic carbocycles. The predicted octanol–water partition coefficient (Wildman–Crippen LogP) is 1.58. The molecule has 0 aliphatic carbocycles. The zero-order valence-corrected chi connectivity index (χ0v) is 8.80. The van der Waals surface area contributed by atoms with Crippen LogP contribution in [0.25, 0.3) is 0 Å². The van der Waals surface area contributed by atoms with E-state index in [0.29, 0.717) is 12.2 Å². The lowest BCUT2D eigenvalue weighted by atomic mass is 10.2. The van der Waals surface area contributed by atoms with E-state index in [-0.39, 0.29) is 12.4 Å². The van der Waals surface area contributed by atoms with Gasteiger partial charge >= 0.3 is 0 Å². The van der Waals surface area contributed by atoms with Crippen molar-refractivity contribution < 1.29 is 4.74 Å². The number of hydrogen-bond donors (Lipinski definition) is 1. The Morgan fingerprint density at radius 2 is 2.29 bits per heavy atom. The third kappa shape index (κ3) is 4.13. The van der Waals surface area contributed by atoms with Crippen LogP contribution < -0.4 is 10.1 Å². The van der Waals surface area contributed by atoms with Crippen LogP contribution in [0, 0.1) is 11.3 Å². The van der Waals surface area contributed by atoms with Crippen molar-refractivity contribution in [1.82, 2.24) is 5.32 Å². The minimum atomic E-state index is 0. The number of halogens is 1. The summed E-state index contributed by atoms with van der Waals surface area (Å²) >= 11 is 0. The van der Waals surface area contributed by atoms with Gasteiger partial charge in [-0.15, -0.1) is 12.4 Å². The molecule has 0 aliphatic heterocycles. The molecule has 0 aromatic heterocycles. The number of hydrogen-bond acceptors (Lipinski definition) is 3. The molecule has 0 bridgehead atoms. The maximum Gasteiger partial charge on any atom is 0.120 e. The van der Waals surface area contributed by atoms with E-state index in [9.17, 15) is 0 Å². The topological polar surface area (TPSA) is 45.0 Å². The van der Waals surface area contributed by atoms with Gasteiger partial charge in [0.1, 0.15) is 12.4 Å². The highest BCUT2D eigenvalue weighted by Crippen LogP contribution is 2.11. The fourth-order valence-corrected chi connectivity index (χ4v) is 0.926. The Morgan fingerprint density at radius 1 is 1.50 bits per heavy atom. The standard InChI is InChI=1S/C10H12N2O.ClH/c1-12-5-6-13-10-4-2-3-9(7-10)8-11;/h2-4,7,12H,5-6H2,1H3;1H. The largest absolute Gasteiger partial charge is 0.492 e. The summed E-state index contributed by atoms with van der Waals surface area (Å²) in [6.07, 6.45) is 0. The third-order valence-corrected chi connectivity index (χ3v) is 1.58. The first kappa shape index (κ1) is 12.8. The monoisotopic (exact) mass is 212 g/mol. The first-order valence-electron chi connectivity index (χ1n) is 4.14. The van der Waals surface area contributed by atoms with Crippen molar-refractivity contribution in [3.8, 4) is 11.8 Å². The molecule has 0 saturated heterocycles. The minimum absolute atomic E-state index is 0. The molecule has 0 amide bonds. The summed E-state index contributed by atoms with van der Waals surface area (Å²) < 4.78 is 5.38. The molecule has 0 heterocycles. The Balaban J connectivity index is 0.00000169. The molecule has 0 unspecified atom stereocenters. The molecule has 1 N–H and O–H groups in total. The van der Waals surface area contributed by atoms with Crippen molar-refractivity contribution in [2.75, 3.05) is 20.2 Å². The Labute approximate surface area is 90.1 Å². The van der Waals surface area contributed by atoms with Crippen LogP contribution in [0.2, 0.25) is 0 Å². The number of rotatable bonds is 4. The van der Waals surface area contributed by atoms with E-state index in [1.807, 2.05) is 19.2 Å². The van der Waals surface area contributed by atoms with Crippen molar-refractivity contribution in [2.24, 2.45) is 0 Å². The second-order valence-electron chi connectivity index (χ2n) is 2.59. The molecule has 0 spiro atoms. The fraction of sp³-hybridized carbons (Fsp3) is 0.300. The molecule has 0 fully saturated rings. The number of benzene rings is 1. The average molecular weight is 213 g/mol. The average Bonchev–Trinajstić information content (AvgIpc) is 2.19. The predicted molar refractivity (Wildman–Crippen MR) is 57.8 cm³/mol. The van der Waals surface area contributed by atoms with Crippen molar-refractivity contribution in [3.05, 3.63) is 29.8 Å². The lowest BCUT2D eigenvalue weighted by molar-refractivity contribution is 0.318. The zero-order chi connectivity index (χ0) is 9.52. The van der Waals surface area contributed by atoms with Crippen molar-refractivity contribution in [2.45, 2.75) is 0 Å². The van der Waals surface area contributed by atoms with E-state index >= 15 is 0 Å². The van der Waals surface area contributed by atoms with Crippen LogP contribution in [0.1, 0.15) is 5.56 Å². The molecule has 0 atom stereocenters. The van der Waals surface area contributed by atoms with Crippen LogP contribution >= 0.6 is 12.4 Å². The van der Waals surface area contributed by atoms with E-state index in [0.717, 1.165) is 12.3 Å². The van der Waals surface area contributed by atoms with Gasteiger partial charge in [-0.05, 0) is 25.2 Å². The Bertz CT molecular complexity index is 309. The van der Waals surface area contributed by atoms with E-state index in [4.69, 9.17) is 10.00 Å². The maximum absolute atomic E-state index is 8.62. The molecular weight excluding hydrogens is 200 g/mol. The van der Waals surface area contributed by atoms with Gasteiger partial charge < -0.3 is 10.1 Å². The number of nitriles is 1. The van der Waals surface area contributed by atoms with Crippen LogP contribution in [0.5, 0.6) is 5.75 Å². The maximum atomic E-state index is 8.62. The number of nitrogens with one attached hydrogen (secondary N) is 1. The summed E-state index contributed by atoms with van der Waals surface area (Å²) in [5.41, 5.74) is 0.627. The Kier molecular flexibility index (Phi) is 6.55. The molecule has 0 aliphatic rings. The van der Waals surface area contributed by atoms with Gasteiger partial charge in [0.05, 0.1) is 11.6 Å². The first-order chi connectivity index (χ1) is 6.36. The minimum Gasteiger partial charge on any atom is -0.492 e. The summed E-state index contributed by atoms with van der Waals surface area (Å²) in [6, 6.07) is 9.21. The van der Waals surface area contributed by atoms with Crippen molar-refractivity contribution in [1.29, 1.82) is 5.26 Å². The van der Waals surface area contributed by atoms with E-state index in [2.05, 4.69) is 11.4 Å². The summed E-state index contributed by atoms with van der Waals surface area (Å²) in [7, 11) is 1.87. The van der Waals surface area contributed by atoms with Gasteiger partial charge in [0.25, 0.3) is 0 Å². The van der Waals surface area contributed by atoms with Gasteiger partial charge in [0, 0.05) is 6.54 Å². The fourth-order valence-electron chi connectivity index (χ4n) is 0.926. The third-order valence-electron chi connectivity index (χ3n) is 1.58. The smallest absolute Gasteiger partial charge is 0.120 e. The molecule has 4 heteroatoms. The lowest BCUT2D eigenvalue weighted by Gasteiger charge is -2.04. The van der Waals surface area contributed by atoms with Crippen LogP contribution in [-0.4, -0.2) is 20.2 Å². The molecule has 1 rings (SSSR count). The van der Waals surface area contributed by atoms with E-state index < -0.39 is 0 Å². The van der Waals surface area contributed by atoms with Crippen molar-refractivity contribution in [3.63, 3.8) is 0 Å². The molecule has 3 nitrogen and oxygen atoms in total. The molecule has 14 heavy (non-hydrogen) atoms. The molecule has 76 valence electrons. The summed E-state index contributed by atoms with van der Waals surface area (Å²) in [5.74, 6) is 0.745. The second-order valence-corrected chi connectivity index (χ2v) is 2.59. The van der Waals surface area contributed by atoms with Crippen LogP contribution in [0.15, 0.2) is 24.3 Å². The van der Waals surface area contributed by atoms with Crippen LogP contribution in [0.4, 0.5) is 0 Å². The Hall–Kier alpha value is -1.24. The number of likely N-dealkylation sites (N-methyl/N-ethyl adjacent to an activating group) is 1. The van der Waals surface area contributed by atoms with Crippen molar-refractivity contribution >= 4 is 12.4 Å². The lowest BCUT2D eigenvalue weighted by Crippen LogP contribution is -2.15. The first-order valence-corrected chi connectivity index (χ1v) is 4.14. The van der Waals surface area contributed by atoms with Gasteiger partial charge in [0.15, 0.2) is 0 Å². The summed E-state index contributed by atoms with van der Waals surface area (Å²) in [6.45, 7) is 1.42. The van der Waals surface area contributed by atoms with Crippen LogP contribution in [0.3, 0.4) is 0 Å². The summed E-state index contributed by atoms with van der Waals surface area (Å²) in [5, 5.41) is 11.6. The molecular formula is C10H13ClN2O. The van der Waals surface area contributed by atoms with Gasteiger partial charge in [-0.25, -0.2) is 0 Å². The number of nitrogens with zero attached hydrogens (tertiary/aromatic N) is 1. The van der Waals surface area contributed by atoms with Gasteiger partial charge in [-0.1, -0.05) is 6.07 Å². The zero-order valence-electron chi connectivity index (χ0n) is 7.99. The number of ether oxygens (including phenoxy) is 1. The highest BCUT2D eigenvalue weighted by Gasteiger charge is 1.94. The van der Waals surface area contributed by atoms with E-state index in [1.54, 1.807) is 12.1 Å². The second kappa shape index (κ2) is 7.19. The van der Waals surface area contributed by atoms with Gasteiger partial charge in [-0.2, -0.15) is 5.26 Å². The normalized spacial score (nSPS) is 8.57. The van der Waals surface area contributed by atoms with Gasteiger partial charge in [0.2, 0.25) is 0 Å². The summed E-state index contributed by atoms with van der Waals surface area (Å²) in [4.78, 5) is 0. The SMILES string of the molecule is CNCCOc1cccc(C#N)c1.Cl. The van der Waals surface area contributed by atoms with Gasteiger partial charge in [-0.3, -0.25) is 0 Å².